The molecule has 0 aliphatic rings. The number of hydrogen-bond donors (Lipinski definition) is 1. The highest BCUT2D eigenvalue weighted by molar-refractivity contribution is 7.09. The zero-order valence-corrected chi connectivity index (χ0v) is 11.5. The van der Waals surface area contributed by atoms with Crippen LogP contribution in [0, 0.1) is 11.6 Å². The van der Waals surface area contributed by atoms with Gasteiger partial charge < -0.3 is 5.32 Å². The van der Waals surface area contributed by atoms with Gasteiger partial charge in [0.05, 0.1) is 5.51 Å². The van der Waals surface area contributed by atoms with Gasteiger partial charge in [0.1, 0.15) is 0 Å². The average Bonchev–Trinajstić information content (AvgIpc) is 2.93. The Bertz CT molecular complexity index is 514. The summed E-state index contributed by atoms with van der Waals surface area (Å²) in [6, 6.07) is 4.28. The van der Waals surface area contributed by atoms with Crippen molar-refractivity contribution in [3.05, 3.63) is 52.0 Å². The van der Waals surface area contributed by atoms with Crippen molar-refractivity contribution in [2.45, 2.75) is 25.8 Å². The van der Waals surface area contributed by atoms with E-state index in [1.165, 1.54) is 17.4 Å². The van der Waals surface area contributed by atoms with E-state index in [1.807, 2.05) is 0 Å². The molecule has 2 aromatic rings. The van der Waals surface area contributed by atoms with Gasteiger partial charge >= 0.3 is 0 Å². The van der Waals surface area contributed by atoms with E-state index in [-0.39, 0.29) is 6.04 Å². The average molecular weight is 282 g/mol. The maximum atomic E-state index is 13.7. The van der Waals surface area contributed by atoms with Crippen LogP contribution >= 0.6 is 11.3 Å². The molecule has 2 rings (SSSR count). The quantitative estimate of drug-likeness (QED) is 0.873. The normalized spacial score (nSPS) is 12.6. The van der Waals surface area contributed by atoms with Gasteiger partial charge in [-0.1, -0.05) is 19.1 Å². The molecule has 1 N–H and O–H groups in total. The van der Waals surface area contributed by atoms with Crippen LogP contribution in [0.15, 0.2) is 29.9 Å². The van der Waals surface area contributed by atoms with E-state index in [0.29, 0.717) is 12.0 Å². The largest absolute Gasteiger partial charge is 0.309 e. The van der Waals surface area contributed by atoms with E-state index in [4.69, 9.17) is 0 Å². The van der Waals surface area contributed by atoms with Crippen LogP contribution < -0.4 is 5.32 Å². The second-order valence-electron chi connectivity index (χ2n) is 4.33. The van der Waals surface area contributed by atoms with Crippen molar-refractivity contribution < 1.29 is 8.78 Å². The number of thiazole rings is 1. The molecular weight excluding hydrogens is 266 g/mol. The van der Waals surface area contributed by atoms with Crippen LogP contribution in [0.3, 0.4) is 0 Å². The van der Waals surface area contributed by atoms with Crippen molar-refractivity contribution in [3.8, 4) is 0 Å². The van der Waals surface area contributed by atoms with E-state index in [1.54, 1.807) is 17.8 Å². The van der Waals surface area contributed by atoms with Gasteiger partial charge in [0, 0.05) is 17.1 Å². The number of halogens is 2. The smallest absolute Gasteiger partial charge is 0.162 e. The number of nitrogens with zero attached hydrogens (tertiary/aromatic N) is 1. The first kappa shape index (κ1) is 14.1. The fraction of sp³-hybridized carbons (Fsp3) is 0.357. The molecule has 0 saturated carbocycles. The zero-order chi connectivity index (χ0) is 13.7. The lowest BCUT2D eigenvalue weighted by molar-refractivity contribution is 0.479. The molecule has 0 radical (unpaired) electrons. The second-order valence-corrected chi connectivity index (χ2v) is 5.25. The molecule has 2 nitrogen and oxygen atoms in total. The molecule has 0 saturated heterocycles. The summed E-state index contributed by atoms with van der Waals surface area (Å²) >= 11 is 1.52. The van der Waals surface area contributed by atoms with Crippen LogP contribution in [0.1, 0.15) is 29.8 Å². The second kappa shape index (κ2) is 6.73. The first-order chi connectivity index (χ1) is 9.22. The third-order valence-electron chi connectivity index (χ3n) is 2.89. The topological polar surface area (TPSA) is 24.9 Å². The van der Waals surface area contributed by atoms with E-state index in [0.717, 1.165) is 23.9 Å². The van der Waals surface area contributed by atoms with Crippen molar-refractivity contribution in [3.63, 3.8) is 0 Å². The summed E-state index contributed by atoms with van der Waals surface area (Å²) in [6.07, 6.45) is 3.18. The Morgan fingerprint density at radius 3 is 2.89 bits per heavy atom. The Kier molecular flexibility index (Phi) is 4.99. The molecule has 0 aliphatic heterocycles. The summed E-state index contributed by atoms with van der Waals surface area (Å²) in [7, 11) is 0. The van der Waals surface area contributed by atoms with E-state index in [2.05, 4.69) is 17.2 Å². The summed E-state index contributed by atoms with van der Waals surface area (Å²) in [5.41, 5.74) is 2.14. The van der Waals surface area contributed by atoms with Gasteiger partial charge in [-0.25, -0.2) is 8.78 Å². The summed E-state index contributed by atoms with van der Waals surface area (Å²) in [5, 5.41) is 3.35. The van der Waals surface area contributed by atoms with Gasteiger partial charge in [-0.05, 0) is 31.0 Å². The Morgan fingerprint density at radius 1 is 1.37 bits per heavy atom. The van der Waals surface area contributed by atoms with Gasteiger partial charge in [-0.15, -0.1) is 11.3 Å². The number of hydrogen-bond acceptors (Lipinski definition) is 3. The number of benzene rings is 1. The standard InChI is InChI=1S/C14H16F2N2S/c1-2-6-18-12(13-8-17-9-19-13)7-10-4-3-5-11(15)14(10)16/h3-5,8-9,12,18H,2,6-7H2,1H3. The SMILES string of the molecule is CCCNC(Cc1cccc(F)c1F)c1cncs1. The predicted molar refractivity (Wildman–Crippen MR) is 73.2 cm³/mol. The molecule has 0 bridgehead atoms. The van der Waals surface area contributed by atoms with Crippen LogP contribution in [0.5, 0.6) is 0 Å². The lowest BCUT2D eigenvalue weighted by Crippen LogP contribution is -2.23. The Hall–Kier alpha value is -1.33. The predicted octanol–water partition coefficient (Wildman–Crippen LogP) is 3.70. The highest BCUT2D eigenvalue weighted by Gasteiger charge is 2.16. The molecule has 5 heteroatoms. The fourth-order valence-electron chi connectivity index (χ4n) is 1.92. The molecule has 0 fully saturated rings. The Labute approximate surface area is 115 Å². The van der Waals surface area contributed by atoms with E-state index in [9.17, 15) is 8.78 Å². The summed E-state index contributed by atoms with van der Waals surface area (Å²) in [4.78, 5) is 5.08. The number of aromatic nitrogens is 1. The molecule has 19 heavy (non-hydrogen) atoms. The molecule has 1 atom stereocenters. The van der Waals surface area contributed by atoms with Crippen LogP contribution in [-0.4, -0.2) is 11.5 Å². The molecule has 0 spiro atoms. The van der Waals surface area contributed by atoms with Gasteiger partial charge in [0.2, 0.25) is 0 Å². The minimum absolute atomic E-state index is 0.0243. The first-order valence-electron chi connectivity index (χ1n) is 6.27. The Balaban J connectivity index is 2.18. The monoisotopic (exact) mass is 282 g/mol. The summed E-state index contributed by atoms with van der Waals surface area (Å²) in [6.45, 7) is 2.90. The summed E-state index contributed by atoms with van der Waals surface area (Å²) in [5.74, 6) is -1.55. The van der Waals surface area contributed by atoms with Crippen LogP contribution in [0.25, 0.3) is 0 Å². The molecule has 1 unspecified atom stereocenters. The van der Waals surface area contributed by atoms with Gasteiger partial charge in [0.25, 0.3) is 0 Å². The lowest BCUT2D eigenvalue weighted by Gasteiger charge is -2.17. The molecular formula is C14H16F2N2S. The molecule has 0 aliphatic carbocycles. The molecule has 1 heterocycles. The van der Waals surface area contributed by atoms with Gasteiger partial charge in [-0.2, -0.15) is 0 Å². The van der Waals surface area contributed by atoms with Crippen molar-refractivity contribution in [1.29, 1.82) is 0 Å². The van der Waals surface area contributed by atoms with Crippen LogP contribution in [0.4, 0.5) is 8.78 Å². The maximum absolute atomic E-state index is 13.7. The number of nitrogens with one attached hydrogen (secondary N) is 1. The molecule has 1 aromatic heterocycles. The first-order valence-corrected chi connectivity index (χ1v) is 7.15. The minimum atomic E-state index is -0.795. The zero-order valence-electron chi connectivity index (χ0n) is 10.7. The highest BCUT2D eigenvalue weighted by Crippen LogP contribution is 2.23. The van der Waals surface area contributed by atoms with E-state index >= 15 is 0 Å². The fourth-order valence-corrected chi connectivity index (χ4v) is 2.61. The number of rotatable bonds is 6. The third kappa shape index (κ3) is 3.58. The van der Waals surface area contributed by atoms with Crippen molar-refractivity contribution in [2.24, 2.45) is 0 Å². The van der Waals surface area contributed by atoms with Gasteiger partial charge in [-0.3, -0.25) is 4.98 Å². The third-order valence-corrected chi connectivity index (χ3v) is 3.78. The highest BCUT2D eigenvalue weighted by atomic mass is 32.1. The van der Waals surface area contributed by atoms with Crippen LogP contribution in [0.2, 0.25) is 0 Å². The van der Waals surface area contributed by atoms with Crippen LogP contribution in [-0.2, 0) is 6.42 Å². The van der Waals surface area contributed by atoms with Gasteiger partial charge in [0.15, 0.2) is 11.6 Å². The molecule has 0 amide bonds. The van der Waals surface area contributed by atoms with Crippen molar-refractivity contribution in [2.75, 3.05) is 6.54 Å². The molecule has 1 aromatic carbocycles. The van der Waals surface area contributed by atoms with E-state index < -0.39 is 11.6 Å². The summed E-state index contributed by atoms with van der Waals surface area (Å²) < 4.78 is 26.9. The maximum Gasteiger partial charge on any atom is 0.162 e. The van der Waals surface area contributed by atoms with Crippen molar-refractivity contribution >= 4 is 11.3 Å². The minimum Gasteiger partial charge on any atom is -0.309 e. The molecule has 102 valence electrons. The lowest BCUT2D eigenvalue weighted by atomic mass is 10.0. The van der Waals surface area contributed by atoms with Crippen molar-refractivity contribution in [1.82, 2.24) is 10.3 Å². The Morgan fingerprint density at radius 2 is 2.21 bits per heavy atom.